The van der Waals surface area contributed by atoms with Gasteiger partial charge in [-0.2, -0.15) is 0 Å². The molecule has 0 aliphatic carbocycles. The molecule has 1 rings (SSSR count). The molecule has 8 heteroatoms. The molecule has 8 nitrogen and oxygen atoms in total. The van der Waals surface area contributed by atoms with Crippen LogP contribution in [0.5, 0.6) is 0 Å². The second-order valence-corrected chi connectivity index (χ2v) is 8.06. The molecule has 1 aromatic rings. The lowest BCUT2D eigenvalue weighted by atomic mass is 10.1. The molecule has 1 aromatic carbocycles. The second-order valence-electron chi connectivity index (χ2n) is 8.06. The van der Waals surface area contributed by atoms with E-state index < -0.39 is 35.4 Å². The number of nitrogens with one attached hydrogen (secondary N) is 2. The van der Waals surface area contributed by atoms with E-state index in [4.69, 9.17) is 9.47 Å². The summed E-state index contributed by atoms with van der Waals surface area (Å²) in [6, 6.07) is 5.46. The van der Waals surface area contributed by atoms with Gasteiger partial charge in [-0.25, -0.2) is 14.4 Å². The highest BCUT2D eigenvalue weighted by molar-refractivity contribution is 5.85. The Labute approximate surface area is 159 Å². The third kappa shape index (κ3) is 9.48. The number of carbonyl (C=O) groups excluding carboxylic acids is 2. The minimum absolute atomic E-state index is 0.0707. The van der Waals surface area contributed by atoms with Crippen LogP contribution in [-0.2, 0) is 20.7 Å². The maximum absolute atomic E-state index is 11.8. The fraction of sp³-hybridized carbons (Fsp3) is 0.526. The molecule has 0 saturated carbocycles. The van der Waals surface area contributed by atoms with Gasteiger partial charge in [-0.05, 0) is 59.2 Å². The summed E-state index contributed by atoms with van der Waals surface area (Å²) in [6.07, 6.45) is -1.30. The standard InChI is InChI=1S/C19H28N2O6/c1-18(2,3)26-16(24)20-13-9-7-12(8-10-13)11-14(15(22)23)21-17(25)27-19(4,5)6/h7-10,14H,11H2,1-6H3,(H,20,24)(H,21,25)(H,22,23)/t14-/m1/s1. The van der Waals surface area contributed by atoms with Crippen LogP contribution in [-0.4, -0.2) is 40.5 Å². The first-order valence-corrected chi connectivity index (χ1v) is 8.56. The fourth-order valence-corrected chi connectivity index (χ4v) is 2.03. The van der Waals surface area contributed by atoms with Crippen molar-refractivity contribution in [1.82, 2.24) is 5.32 Å². The maximum Gasteiger partial charge on any atom is 0.412 e. The first kappa shape index (κ1) is 22.3. The van der Waals surface area contributed by atoms with Crippen LogP contribution in [0.15, 0.2) is 24.3 Å². The molecule has 0 spiro atoms. The summed E-state index contributed by atoms with van der Waals surface area (Å²) in [5, 5.41) is 14.3. The average Bonchev–Trinajstić information content (AvgIpc) is 2.44. The van der Waals surface area contributed by atoms with Crippen molar-refractivity contribution in [2.45, 2.75) is 65.2 Å². The smallest absolute Gasteiger partial charge is 0.412 e. The van der Waals surface area contributed by atoms with E-state index in [1.54, 1.807) is 65.8 Å². The third-order valence-corrected chi connectivity index (χ3v) is 3.03. The van der Waals surface area contributed by atoms with Gasteiger partial charge < -0.3 is 19.9 Å². The Hall–Kier alpha value is -2.77. The molecule has 3 N–H and O–H groups in total. The summed E-state index contributed by atoms with van der Waals surface area (Å²) in [4.78, 5) is 34.9. The Kier molecular flexibility index (Phi) is 7.21. The van der Waals surface area contributed by atoms with Crippen molar-refractivity contribution >= 4 is 23.8 Å². The molecule has 0 bridgehead atoms. The first-order valence-electron chi connectivity index (χ1n) is 8.56. The van der Waals surface area contributed by atoms with E-state index in [0.717, 1.165) is 0 Å². The molecule has 0 unspecified atom stereocenters. The van der Waals surface area contributed by atoms with Gasteiger partial charge in [0.2, 0.25) is 0 Å². The molecular formula is C19H28N2O6. The van der Waals surface area contributed by atoms with E-state index in [1.807, 2.05) is 0 Å². The van der Waals surface area contributed by atoms with Crippen LogP contribution in [0, 0.1) is 0 Å². The van der Waals surface area contributed by atoms with E-state index in [0.29, 0.717) is 11.3 Å². The summed E-state index contributed by atoms with van der Waals surface area (Å²) in [5.74, 6) is -1.17. The van der Waals surface area contributed by atoms with Crippen molar-refractivity contribution in [3.8, 4) is 0 Å². The van der Waals surface area contributed by atoms with Gasteiger partial charge in [-0.1, -0.05) is 12.1 Å². The van der Waals surface area contributed by atoms with Gasteiger partial charge >= 0.3 is 18.2 Å². The molecule has 0 aliphatic heterocycles. The predicted molar refractivity (Wildman–Crippen MR) is 101 cm³/mol. The SMILES string of the molecule is CC(C)(C)OC(=O)Nc1ccc(C[C@@H](NC(=O)OC(C)(C)C)C(=O)O)cc1. The highest BCUT2D eigenvalue weighted by Crippen LogP contribution is 2.14. The van der Waals surface area contributed by atoms with Crippen molar-refractivity contribution in [3.05, 3.63) is 29.8 Å². The zero-order valence-electron chi connectivity index (χ0n) is 16.6. The number of ether oxygens (including phenoxy) is 2. The fourth-order valence-electron chi connectivity index (χ4n) is 2.03. The molecule has 2 amide bonds. The molecule has 0 aliphatic rings. The van der Waals surface area contributed by atoms with Gasteiger partial charge in [0, 0.05) is 12.1 Å². The third-order valence-electron chi connectivity index (χ3n) is 3.03. The minimum Gasteiger partial charge on any atom is -0.480 e. The van der Waals surface area contributed by atoms with E-state index >= 15 is 0 Å². The molecule has 0 fully saturated rings. The van der Waals surface area contributed by atoms with Crippen LogP contribution < -0.4 is 10.6 Å². The largest absolute Gasteiger partial charge is 0.480 e. The first-order chi connectivity index (χ1) is 12.2. The summed E-state index contributed by atoms with van der Waals surface area (Å²) in [7, 11) is 0. The number of hydrogen-bond donors (Lipinski definition) is 3. The van der Waals surface area contributed by atoms with Gasteiger partial charge in [0.15, 0.2) is 0 Å². The summed E-state index contributed by atoms with van der Waals surface area (Å²) >= 11 is 0. The van der Waals surface area contributed by atoms with Crippen LogP contribution in [0.3, 0.4) is 0 Å². The number of carboxylic acid groups (broad SMARTS) is 1. The highest BCUT2D eigenvalue weighted by atomic mass is 16.6. The quantitative estimate of drug-likeness (QED) is 0.720. The summed E-state index contributed by atoms with van der Waals surface area (Å²) in [5.41, 5.74) is -0.137. The minimum atomic E-state index is -1.17. The van der Waals surface area contributed by atoms with Crippen LogP contribution in [0.2, 0.25) is 0 Å². The van der Waals surface area contributed by atoms with Gasteiger partial charge in [-0.3, -0.25) is 5.32 Å². The zero-order chi connectivity index (χ0) is 20.8. The van der Waals surface area contributed by atoms with Crippen molar-refractivity contribution < 1.29 is 29.0 Å². The Bertz CT molecular complexity index is 671. The number of hydrogen-bond acceptors (Lipinski definition) is 5. The molecule has 0 aromatic heterocycles. The van der Waals surface area contributed by atoms with Crippen LogP contribution in [0.1, 0.15) is 47.1 Å². The monoisotopic (exact) mass is 380 g/mol. The molecule has 1 atom stereocenters. The Morgan fingerprint density at radius 1 is 0.926 bits per heavy atom. The normalized spacial score (nSPS) is 12.7. The molecule has 0 radical (unpaired) electrons. The molecule has 0 saturated heterocycles. The molecular weight excluding hydrogens is 352 g/mol. The summed E-state index contributed by atoms with van der Waals surface area (Å²) < 4.78 is 10.2. The molecule has 0 heterocycles. The second kappa shape index (κ2) is 8.75. The van der Waals surface area contributed by atoms with E-state index in [2.05, 4.69) is 10.6 Å². The number of carboxylic acids is 1. The van der Waals surface area contributed by atoms with Gasteiger partial charge in [0.25, 0.3) is 0 Å². The number of amides is 2. The van der Waals surface area contributed by atoms with Crippen molar-refractivity contribution in [2.75, 3.05) is 5.32 Å². The maximum atomic E-state index is 11.8. The van der Waals surface area contributed by atoms with Crippen molar-refractivity contribution in [3.63, 3.8) is 0 Å². The lowest BCUT2D eigenvalue weighted by Gasteiger charge is -2.22. The van der Waals surface area contributed by atoms with Crippen LogP contribution >= 0.6 is 0 Å². The zero-order valence-corrected chi connectivity index (χ0v) is 16.6. The number of aliphatic carboxylic acids is 1. The Morgan fingerprint density at radius 3 is 1.85 bits per heavy atom. The number of anilines is 1. The van der Waals surface area contributed by atoms with Gasteiger partial charge in [-0.15, -0.1) is 0 Å². The number of alkyl carbamates (subject to hydrolysis) is 1. The molecule has 27 heavy (non-hydrogen) atoms. The van der Waals surface area contributed by atoms with Gasteiger partial charge in [0.05, 0.1) is 0 Å². The average molecular weight is 380 g/mol. The predicted octanol–water partition coefficient (Wildman–Crippen LogP) is 3.55. The van der Waals surface area contributed by atoms with Crippen LogP contribution in [0.4, 0.5) is 15.3 Å². The summed E-state index contributed by atoms with van der Waals surface area (Å²) in [6.45, 7) is 10.4. The van der Waals surface area contributed by atoms with Crippen LogP contribution in [0.25, 0.3) is 0 Å². The van der Waals surface area contributed by atoms with E-state index in [1.165, 1.54) is 0 Å². The van der Waals surface area contributed by atoms with E-state index in [9.17, 15) is 19.5 Å². The van der Waals surface area contributed by atoms with E-state index in [-0.39, 0.29) is 6.42 Å². The molecule has 150 valence electrons. The number of benzene rings is 1. The topological polar surface area (TPSA) is 114 Å². The lowest BCUT2D eigenvalue weighted by Crippen LogP contribution is -2.44. The lowest BCUT2D eigenvalue weighted by molar-refractivity contribution is -0.139. The number of rotatable bonds is 5. The van der Waals surface area contributed by atoms with Crippen molar-refractivity contribution in [1.29, 1.82) is 0 Å². The Balaban J connectivity index is 2.69. The highest BCUT2D eigenvalue weighted by Gasteiger charge is 2.24. The van der Waals surface area contributed by atoms with Crippen molar-refractivity contribution in [2.24, 2.45) is 0 Å². The van der Waals surface area contributed by atoms with Gasteiger partial charge in [0.1, 0.15) is 17.2 Å². The Morgan fingerprint density at radius 2 is 1.41 bits per heavy atom. The number of carbonyl (C=O) groups is 3.